The lowest BCUT2D eigenvalue weighted by Gasteiger charge is -2.33. The van der Waals surface area contributed by atoms with Crippen LogP contribution in [0, 0.1) is 10.1 Å². The summed E-state index contributed by atoms with van der Waals surface area (Å²) in [6.07, 6.45) is 2.67. The van der Waals surface area contributed by atoms with Crippen molar-refractivity contribution < 1.29 is 9.72 Å². The zero-order valence-electron chi connectivity index (χ0n) is 10.5. The van der Waals surface area contributed by atoms with Crippen molar-refractivity contribution in [3.8, 4) is 0 Å². The number of nitro benzene ring substituents is 1. The van der Waals surface area contributed by atoms with Gasteiger partial charge in [0.25, 0.3) is 5.69 Å². The van der Waals surface area contributed by atoms with Gasteiger partial charge in [0.15, 0.2) is 0 Å². The molecule has 0 bridgehead atoms. The fourth-order valence-corrected chi connectivity index (χ4v) is 2.54. The Labute approximate surface area is 106 Å². The van der Waals surface area contributed by atoms with Crippen molar-refractivity contribution in [3.05, 3.63) is 33.9 Å². The summed E-state index contributed by atoms with van der Waals surface area (Å²) in [7, 11) is 0. The van der Waals surface area contributed by atoms with Gasteiger partial charge < -0.3 is 4.90 Å². The van der Waals surface area contributed by atoms with E-state index in [0.717, 1.165) is 19.4 Å². The smallest absolute Gasteiger partial charge is 0.293 e. The standard InChI is InChI=1S/C13H16N2O3/c1-13(2)6-3-7-14(13)11-5-4-10(9-16)8-12(11)15(17)18/h4-5,8-9H,3,6-7H2,1-2H3. The summed E-state index contributed by atoms with van der Waals surface area (Å²) in [5.41, 5.74) is 0.873. The molecule has 1 aliphatic rings. The number of hydrogen-bond donors (Lipinski definition) is 0. The topological polar surface area (TPSA) is 63.5 Å². The van der Waals surface area contributed by atoms with Gasteiger partial charge in [0.2, 0.25) is 0 Å². The van der Waals surface area contributed by atoms with Crippen molar-refractivity contribution in [2.24, 2.45) is 0 Å². The summed E-state index contributed by atoms with van der Waals surface area (Å²) in [6.45, 7) is 4.98. The summed E-state index contributed by atoms with van der Waals surface area (Å²) in [5, 5.41) is 11.1. The fourth-order valence-electron chi connectivity index (χ4n) is 2.54. The van der Waals surface area contributed by atoms with Crippen molar-refractivity contribution >= 4 is 17.7 Å². The molecule has 0 aromatic heterocycles. The highest BCUT2D eigenvalue weighted by Crippen LogP contribution is 2.38. The second-order valence-corrected chi connectivity index (χ2v) is 5.19. The molecular formula is C13H16N2O3. The Morgan fingerprint density at radius 3 is 2.67 bits per heavy atom. The molecule has 0 N–H and O–H groups in total. The summed E-state index contributed by atoms with van der Waals surface area (Å²) >= 11 is 0. The largest absolute Gasteiger partial charge is 0.361 e. The minimum Gasteiger partial charge on any atom is -0.361 e. The maximum atomic E-state index is 11.1. The van der Waals surface area contributed by atoms with Crippen LogP contribution in [0.15, 0.2) is 18.2 Å². The first kappa shape index (κ1) is 12.5. The van der Waals surface area contributed by atoms with E-state index in [-0.39, 0.29) is 11.2 Å². The molecule has 1 aromatic rings. The van der Waals surface area contributed by atoms with E-state index in [4.69, 9.17) is 0 Å². The van der Waals surface area contributed by atoms with Crippen molar-refractivity contribution in [3.63, 3.8) is 0 Å². The summed E-state index contributed by atoms with van der Waals surface area (Å²) in [6, 6.07) is 4.65. The summed E-state index contributed by atoms with van der Waals surface area (Å²) < 4.78 is 0. The van der Waals surface area contributed by atoms with Crippen LogP contribution in [0.1, 0.15) is 37.0 Å². The summed E-state index contributed by atoms with van der Waals surface area (Å²) in [5.74, 6) is 0. The molecule has 1 fully saturated rings. The Morgan fingerprint density at radius 1 is 1.44 bits per heavy atom. The third-order valence-electron chi connectivity index (χ3n) is 3.52. The fraction of sp³-hybridized carbons (Fsp3) is 0.462. The van der Waals surface area contributed by atoms with Gasteiger partial charge in [-0.15, -0.1) is 0 Å². The van der Waals surface area contributed by atoms with Gasteiger partial charge in [0.05, 0.1) is 4.92 Å². The molecule has 18 heavy (non-hydrogen) atoms. The highest BCUT2D eigenvalue weighted by Gasteiger charge is 2.35. The molecule has 0 unspecified atom stereocenters. The van der Waals surface area contributed by atoms with Crippen molar-refractivity contribution in [1.29, 1.82) is 0 Å². The van der Waals surface area contributed by atoms with Gasteiger partial charge in [-0.1, -0.05) is 0 Å². The van der Waals surface area contributed by atoms with E-state index >= 15 is 0 Å². The first-order chi connectivity index (χ1) is 8.45. The van der Waals surface area contributed by atoms with Crippen LogP contribution in [-0.2, 0) is 0 Å². The molecule has 5 nitrogen and oxygen atoms in total. The molecule has 1 saturated heterocycles. The number of aldehydes is 1. The number of carbonyl (C=O) groups is 1. The highest BCUT2D eigenvalue weighted by atomic mass is 16.6. The second-order valence-electron chi connectivity index (χ2n) is 5.19. The van der Waals surface area contributed by atoms with E-state index in [1.165, 1.54) is 6.07 Å². The molecule has 0 atom stereocenters. The molecular weight excluding hydrogens is 232 g/mol. The van der Waals surface area contributed by atoms with Crippen LogP contribution in [0.4, 0.5) is 11.4 Å². The monoisotopic (exact) mass is 248 g/mol. The van der Waals surface area contributed by atoms with Crippen molar-refractivity contribution in [1.82, 2.24) is 0 Å². The van der Waals surface area contributed by atoms with Crippen molar-refractivity contribution in [2.75, 3.05) is 11.4 Å². The maximum Gasteiger partial charge on any atom is 0.293 e. The summed E-state index contributed by atoms with van der Waals surface area (Å²) in [4.78, 5) is 23.5. The molecule has 0 saturated carbocycles. The van der Waals surface area contributed by atoms with Gasteiger partial charge >= 0.3 is 0 Å². The number of nitro groups is 1. The van der Waals surface area contributed by atoms with Gasteiger partial charge in [-0.3, -0.25) is 14.9 Å². The third kappa shape index (κ3) is 2.08. The number of hydrogen-bond acceptors (Lipinski definition) is 4. The quantitative estimate of drug-likeness (QED) is 0.468. The molecule has 0 spiro atoms. The van der Waals surface area contributed by atoms with Crippen LogP contribution in [0.5, 0.6) is 0 Å². The van der Waals surface area contributed by atoms with Crippen LogP contribution in [0.3, 0.4) is 0 Å². The molecule has 0 amide bonds. The average molecular weight is 248 g/mol. The van der Waals surface area contributed by atoms with Crippen LogP contribution in [-0.4, -0.2) is 23.3 Å². The van der Waals surface area contributed by atoms with Crippen LogP contribution < -0.4 is 4.90 Å². The SMILES string of the molecule is CC1(C)CCCN1c1ccc(C=O)cc1[N+](=O)[O-]. The lowest BCUT2D eigenvalue weighted by atomic mass is 10.0. The zero-order chi connectivity index (χ0) is 13.3. The molecule has 1 aromatic carbocycles. The van der Waals surface area contributed by atoms with E-state index in [9.17, 15) is 14.9 Å². The van der Waals surface area contributed by atoms with E-state index < -0.39 is 4.92 Å². The highest BCUT2D eigenvalue weighted by molar-refractivity contribution is 5.80. The Kier molecular flexibility index (Phi) is 3.07. The Bertz CT molecular complexity index is 497. The molecule has 0 aliphatic carbocycles. The predicted octanol–water partition coefficient (Wildman–Crippen LogP) is 2.79. The van der Waals surface area contributed by atoms with Gasteiger partial charge in [-0.05, 0) is 38.8 Å². The normalized spacial score (nSPS) is 17.8. The van der Waals surface area contributed by atoms with Crippen LogP contribution in [0.2, 0.25) is 0 Å². The number of nitrogens with zero attached hydrogens (tertiary/aromatic N) is 2. The zero-order valence-corrected chi connectivity index (χ0v) is 10.5. The number of benzene rings is 1. The van der Waals surface area contributed by atoms with Gasteiger partial charge in [-0.2, -0.15) is 0 Å². The van der Waals surface area contributed by atoms with Gasteiger partial charge in [-0.25, -0.2) is 0 Å². The molecule has 1 heterocycles. The van der Waals surface area contributed by atoms with E-state index in [1.807, 2.05) is 0 Å². The molecule has 96 valence electrons. The van der Waals surface area contributed by atoms with Gasteiger partial charge in [0, 0.05) is 23.7 Å². The molecule has 0 radical (unpaired) electrons. The van der Waals surface area contributed by atoms with Crippen molar-refractivity contribution in [2.45, 2.75) is 32.2 Å². The first-order valence-corrected chi connectivity index (χ1v) is 5.97. The van der Waals surface area contributed by atoms with Crippen LogP contribution in [0.25, 0.3) is 0 Å². The lowest BCUT2D eigenvalue weighted by molar-refractivity contribution is -0.384. The van der Waals surface area contributed by atoms with E-state index in [0.29, 0.717) is 17.5 Å². The van der Waals surface area contributed by atoms with E-state index in [2.05, 4.69) is 18.7 Å². The predicted molar refractivity (Wildman–Crippen MR) is 69.1 cm³/mol. The van der Waals surface area contributed by atoms with E-state index in [1.54, 1.807) is 12.1 Å². The third-order valence-corrected chi connectivity index (χ3v) is 3.52. The number of rotatable bonds is 3. The molecule has 2 rings (SSSR count). The van der Waals surface area contributed by atoms with Crippen LogP contribution >= 0.6 is 0 Å². The minimum absolute atomic E-state index is 0.00887. The maximum absolute atomic E-state index is 11.1. The first-order valence-electron chi connectivity index (χ1n) is 5.97. The Morgan fingerprint density at radius 2 is 2.17 bits per heavy atom. The Hall–Kier alpha value is -1.91. The molecule has 1 aliphatic heterocycles. The number of anilines is 1. The average Bonchev–Trinajstić information content (AvgIpc) is 2.68. The molecule has 5 heteroatoms. The minimum atomic E-state index is -0.420. The lowest BCUT2D eigenvalue weighted by Crippen LogP contribution is -2.38. The van der Waals surface area contributed by atoms with Gasteiger partial charge in [0.1, 0.15) is 12.0 Å². The number of carbonyl (C=O) groups excluding carboxylic acids is 1. The second kappa shape index (κ2) is 4.40. The Balaban J connectivity index is 2.50.